The third kappa shape index (κ3) is 3.09. The Morgan fingerprint density at radius 1 is 1.05 bits per heavy atom. The highest BCUT2D eigenvalue weighted by molar-refractivity contribution is 5.47. The Labute approximate surface area is 121 Å². The van der Waals surface area contributed by atoms with Gasteiger partial charge in [0.25, 0.3) is 0 Å². The number of ether oxygens (including phenoxy) is 2. The van der Waals surface area contributed by atoms with Crippen molar-refractivity contribution in [2.75, 3.05) is 13.2 Å². The van der Waals surface area contributed by atoms with E-state index in [1.165, 1.54) is 36.8 Å². The van der Waals surface area contributed by atoms with Gasteiger partial charge in [0.05, 0.1) is 6.61 Å². The van der Waals surface area contributed by atoms with Crippen molar-refractivity contribution in [3.05, 3.63) is 23.3 Å². The van der Waals surface area contributed by atoms with Crippen LogP contribution in [0.4, 0.5) is 0 Å². The van der Waals surface area contributed by atoms with Crippen LogP contribution < -0.4 is 14.8 Å². The lowest BCUT2D eigenvalue weighted by Crippen LogP contribution is -2.37. The second kappa shape index (κ2) is 6.04. The van der Waals surface area contributed by atoms with Gasteiger partial charge < -0.3 is 14.8 Å². The molecule has 1 aliphatic heterocycles. The van der Waals surface area contributed by atoms with Gasteiger partial charge in [-0.2, -0.15) is 0 Å². The Kier molecular flexibility index (Phi) is 4.16. The molecule has 0 saturated heterocycles. The topological polar surface area (TPSA) is 30.5 Å². The number of hydrogen-bond donors (Lipinski definition) is 1. The van der Waals surface area contributed by atoms with Gasteiger partial charge in [-0.05, 0) is 49.9 Å². The fourth-order valence-electron chi connectivity index (χ4n) is 3.08. The third-order valence-corrected chi connectivity index (χ3v) is 4.54. The lowest BCUT2D eigenvalue weighted by atomic mass is 10.1. The van der Waals surface area contributed by atoms with Crippen LogP contribution in [0.2, 0.25) is 0 Å². The molecule has 1 aromatic carbocycles. The summed E-state index contributed by atoms with van der Waals surface area (Å²) in [4.78, 5) is 0. The number of rotatable bonds is 3. The van der Waals surface area contributed by atoms with Gasteiger partial charge in [-0.25, -0.2) is 0 Å². The Hall–Kier alpha value is -1.22. The molecule has 1 saturated carbocycles. The van der Waals surface area contributed by atoms with Crippen molar-refractivity contribution in [3.63, 3.8) is 0 Å². The quantitative estimate of drug-likeness (QED) is 0.917. The van der Waals surface area contributed by atoms with E-state index in [2.05, 4.69) is 31.3 Å². The Balaban J connectivity index is 1.64. The van der Waals surface area contributed by atoms with Gasteiger partial charge in [0.2, 0.25) is 0 Å². The van der Waals surface area contributed by atoms with E-state index in [1.54, 1.807) is 0 Å². The van der Waals surface area contributed by atoms with Crippen molar-refractivity contribution >= 4 is 0 Å². The zero-order valence-electron chi connectivity index (χ0n) is 12.6. The summed E-state index contributed by atoms with van der Waals surface area (Å²) >= 11 is 0. The molecule has 0 bridgehead atoms. The number of aryl methyl sites for hydroxylation is 2. The molecule has 0 amide bonds. The van der Waals surface area contributed by atoms with E-state index in [1.807, 2.05) is 0 Å². The fourth-order valence-corrected chi connectivity index (χ4v) is 3.08. The molecular weight excluding hydrogens is 250 g/mol. The highest BCUT2D eigenvalue weighted by Gasteiger charge is 2.21. The van der Waals surface area contributed by atoms with E-state index in [4.69, 9.17) is 9.47 Å². The van der Waals surface area contributed by atoms with E-state index < -0.39 is 0 Å². The molecule has 1 aromatic rings. The fraction of sp³-hybridized carbons (Fsp3) is 0.647. The molecule has 3 rings (SSSR count). The first-order chi connectivity index (χ1) is 9.72. The molecule has 2 aliphatic rings. The van der Waals surface area contributed by atoms with Crippen LogP contribution in [0.1, 0.15) is 43.2 Å². The van der Waals surface area contributed by atoms with Crippen LogP contribution in [0.3, 0.4) is 0 Å². The van der Waals surface area contributed by atoms with E-state index in [0.29, 0.717) is 6.04 Å². The molecule has 3 heteroatoms. The molecular formula is C17H25NO2. The predicted molar refractivity (Wildman–Crippen MR) is 80.7 cm³/mol. The molecule has 1 aliphatic carbocycles. The average molecular weight is 275 g/mol. The molecule has 0 radical (unpaired) electrons. The van der Waals surface area contributed by atoms with Crippen molar-refractivity contribution in [1.82, 2.24) is 5.32 Å². The van der Waals surface area contributed by atoms with Crippen molar-refractivity contribution in [3.8, 4) is 11.5 Å². The minimum atomic E-state index is 0.221. The van der Waals surface area contributed by atoms with Gasteiger partial charge in [-0.1, -0.05) is 12.8 Å². The van der Waals surface area contributed by atoms with Gasteiger partial charge in [0.15, 0.2) is 11.5 Å². The van der Waals surface area contributed by atoms with Crippen LogP contribution >= 0.6 is 0 Å². The minimum absolute atomic E-state index is 0.221. The zero-order chi connectivity index (χ0) is 13.9. The van der Waals surface area contributed by atoms with Crippen molar-refractivity contribution < 1.29 is 9.47 Å². The minimum Gasteiger partial charge on any atom is -0.490 e. The molecule has 1 fully saturated rings. The van der Waals surface area contributed by atoms with Gasteiger partial charge in [0, 0.05) is 19.0 Å². The second-order valence-electron chi connectivity index (χ2n) is 6.15. The SMILES string of the molecule is Cc1cc2c(cc1C)OC(CNC1CCCC1)CCO2. The number of hydrogen-bond acceptors (Lipinski definition) is 3. The lowest BCUT2D eigenvalue weighted by Gasteiger charge is -2.20. The largest absolute Gasteiger partial charge is 0.490 e. The molecule has 1 heterocycles. The summed E-state index contributed by atoms with van der Waals surface area (Å²) in [5.74, 6) is 1.81. The highest BCUT2D eigenvalue weighted by Crippen LogP contribution is 2.33. The molecule has 3 nitrogen and oxygen atoms in total. The normalized spacial score (nSPS) is 22.8. The standard InChI is InChI=1S/C17H25NO2/c1-12-9-16-17(10-13(12)2)20-15(7-8-19-16)11-18-14-5-3-4-6-14/h9-10,14-15,18H,3-8,11H2,1-2H3. The van der Waals surface area contributed by atoms with Gasteiger partial charge in [-0.3, -0.25) is 0 Å². The summed E-state index contributed by atoms with van der Waals surface area (Å²) in [6, 6.07) is 4.90. The number of nitrogens with one attached hydrogen (secondary N) is 1. The van der Waals surface area contributed by atoms with Gasteiger partial charge >= 0.3 is 0 Å². The predicted octanol–water partition coefficient (Wildman–Crippen LogP) is 3.37. The maximum Gasteiger partial charge on any atom is 0.161 e. The summed E-state index contributed by atoms with van der Waals surface area (Å²) in [7, 11) is 0. The lowest BCUT2D eigenvalue weighted by molar-refractivity contribution is 0.183. The molecule has 0 spiro atoms. The van der Waals surface area contributed by atoms with E-state index >= 15 is 0 Å². The van der Waals surface area contributed by atoms with E-state index in [-0.39, 0.29) is 6.10 Å². The summed E-state index contributed by atoms with van der Waals surface area (Å²) in [5, 5.41) is 3.66. The van der Waals surface area contributed by atoms with Crippen LogP contribution in [0.15, 0.2) is 12.1 Å². The maximum absolute atomic E-state index is 6.17. The number of fused-ring (bicyclic) bond motifs is 1. The monoisotopic (exact) mass is 275 g/mol. The van der Waals surface area contributed by atoms with Crippen LogP contribution in [0.5, 0.6) is 11.5 Å². The van der Waals surface area contributed by atoms with Gasteiger partial charge in [0.1, 0.15) is 6.10 Å². The van der Waals surface area contributed by atoms with Crippen LogP contribution in [0, 0.1) is 13.8 Å². The molecule has 20 heavy (non-hydrogen) atoms. The molecule has 110 valence electrons. The molecule has 1 N–H and O–H groups in total. The van der Waals surface area contributed by atoms with Crippen molar-refractivity contribution in [1.29, 1.82) is 0 Å². The smallest absolute Gasteiger partial charge is 0.161 e. The summed E-state index contributed by atoms with van der Waals surface area (Å²) in [6.45, 7) is 5.91. The molecule has 1 unspecified atom stereocenters. The average Bonchev–Trinajstić information content (AvgIpc) is 2.87. The third-order valence-electron chi connectivity index (χ3n) is 4.54. The van der Waals surface area contributed by atoms with Crippen LogP contribution in [-0.4, -0.2) is 25.3 Å². The Morgan fingerprint density at radius 3 is 2.50 bits per heavy atom. The zero-order valence-corrected chi connectivity index (χ0v) is 12.6. The first kappa shape index (κ1) is 13.7. The van der Waals surface area contributed by atoms with Crippen molar-refractivity contribution in [2.45, 2.75) is 58.1 Å². The number of benzene rings is 1. The molecule has 1 atom stereocenters. The van der Waals surface area contributed by atoms with E-state index in [9.17, 15) is 0 Å². The highest BCUT2D eigenvalue weighted by atomic mass is 16.5. The first-order valence-electron chi connectivity index (χ1n) is 7.86. The van der Waals surface area contributed by atoms with Crippen molar-refractivity contribution in [2.24, 2.45) is 0 Å². The van der Waals surface area contributed by atoms with Gasteiger partial charge in [-0.15, -0.1) is 0 Å². The summed E-state index contributed by atoms with van der Waals surface area (Å²) < 4.78 is 12.0. The van der Waals surface area contributed by atoms with Crippen LogP contribution in [-0.2, 0) is 0 Å². The first-order valence-corrected chi connectivity index (χ1v) is 7.86. The second-order valence-corrected chi connectivity index (χ2v) is 6.15. The van der Waals surface area contributed by atoms with E-state index in [0.717, 1.165) is 31.1 Å². The summed E-state index contributed by atoms with van der Waals surface area (Å²) in [5.41, 5.74) is 2.52. The Bertz CT molecular complexity index is 466. The Morgan fingerprint density at radius 2 is 1.75 bits per heavy atom. The summed E-state index contributed by atoms with van der Waals surface area (Å²) in [6.07, 6.45) is 6.54. The maximum atomic E-state index is 6.17. The molecule has 0 aromatic heterocycles. The van der Waals surface area contributed by atoms with Crippen LogP contribution in [0.25, 0.3) is 0 Å².